The fraction of sp³-hybridized carbons (Fsp3) is 0. The third-order valence-electron chi connectivity index (χ3n) is 19.6. The average molecular weight is 1580 g/mol. The highest BCUT2D eigenvalue weighted by atomic mass is 79.9. The number of hydrogen-bond acceptors (Lipinski definition) is 3. The second kappa shape index (κ2) is 32.9. The summed E-state index contributed by atoms with van der Waals surface area (Å²) in [5.41, 5.74) is 24.7. The minimum absolute atomic E-state index is 1.09. The Bertz CT molecular complexity index is 5910. The molecule has 0 N–H and O–H groups in total. The normalized spacial score (nSPS) is 10.9. The van der Waals surface area contributed by atoms with Gasteiger partial charge < -0.3 is 14.7 Å². The summed E-state index contributed by atoms with van der Waals surface area (Å²) in [5.74, 6) is 0. The van der Waals surface area contributed by atoms with Crippen molar-refractivity contribution in [3.63, 3.8) is 0 Å². The van der Waals surface area contributed by atoms with E-state index in [1.165, 1.54) is 99.1 Å². The minimum atomic E-state index is 1.09. The average Bonchev–Trinajstić information content (AvgIpc) is 0.772. The summed E-state index contributed by atoms with van der Waals surface area (Å²) in [7, 11) is 0. The van der Waals surface area contributed by atoms with Crippen molar-refractivity contribution in [1.82, 2.24) is 0 Å². The van der Waals surface area contributed by atoms with Crippen LogP contribution in [0.1, 0.15) is 0 Å². The first-order chi connectivity index (χ1) is 53.3. The Morgan fingerprint density at radius 2 is 0.407 bits per heavy atom. The largest absolute Gasteiger partial charge is 0.311 e. The van der Waals surface area contributed by atoms with Gasteiger partial charge in [-0.3, -0.25) is 0 Å². The molecule has 0 amide bonds. The molecule has 3 nitrogen and oxygen atoms in total. The molecule has 0 aliphatic rings. The molecule has 108 heavy (non-hydrogen) atoms. The van der Waals surface area contributed by atoms with E-state index in [1.54, 1.807) is 0 Å². The highest BCUT2D eigenvalue weighted by molar-refractivity contribution is 9.11. The summed E-state index contributed by atoms with van der Waals surface area (Å²) >= 11 is 10.6. The molecule has 0 aromatic heterocycles. The van der Waals surface area contributed by atoms with Crippen LogP contribution in [0.5, 0.6) is 0 Å². The molecule has 0 saturated carbocycles. The number of para-hydroxylation sites is 2. The van der Waals surface area contributed by atoms with Gasteiger partial charge in [0.25, 0.3) is 0 Å². The van der Waals surface area contributed by atoms with E-state index < -0.39 is 0 Å². The van der Waals surface area contributed by atoms with Crippen LogP contribution in [0.2, 0.25) is 0 Å². The predicted molar refractivity (Wildman–Crippen MR) is 472 cm³/mol. The van der Waals surface area contributed by atoms with Crippen molar-refractivity contribution in [2.45, 2.75) is 0 Å². The standard InChI is InChI=1S/C36H26BrN.C34H24BrN.C32H22BrN/c37-33-19-11-29(12-20-33)32-17-25-36(26-18-32)38(34-21-13-30(14-22-34)27-7-3-1-4-8-27)35-23-15-31(16-24-35)28-9-5-2-6-10-28;35-28-19-15-25(16-20-28)26-17-21-30(22-18-26)36(29-11-5-2-6-12-29)34-24-23-31(27-9-3-1-4-10-27)32-13-7-8-14-33(32)34;33-27-16-12-23(13-17-27)24-14-18-29(19-15-24)34(28-7-2-1-3-8-28)30-20-21-32-26(22-30)11-10-25-6-4-5-9-31(25)32/h1-26H;1-24H;1-22H. The molecule has 0 aliphatic carbocycles. The minimum Gasteiger partial charge on any atom is -0.311 e. The van der Waals surface area contributed by atoms with Gasteiger partial charge in [-0.05, 0) is 233 Å². The number of fused-ring (bicyclic) bond motifs is 4. The summed E-state index contributed by atoms with van der Waals surface area (Å²) in [6.45, 7) is 0. The van der Waals surface area contributed by atoms with Crippen LogP contribution in [0.15, 0.2) is 450 Å². The summed E-state index contributed by atoms with van der Waals surface area (Å²) in [4.78, 5) is 6.98. The molecule has 0 aliphatic heterocycles. The van der Waals surface area contributed by atoms with Gasteiger partial charge in [-0.2, -0.15) is 0 Å². The molecule has 0 bridgehead atoms. The van der Waals surface area contributed by atoms with E-state index in [2.05, 4.69) is 499 Å². The number of benzene rings is 18. The molecular formula is C102H72Br3N3. The Morgan fingerprint density at radius 1 is 0.148 bits per heavy atom. The van der Waals surface area contributed by atoms with Gasteiger partial charge in [0.15, 0.2) is 0 Å². The van der Waals surface area contributed by atoms with E-state index in [-0.39, 0.29) is 0 Å². The number of anilines is 9. The predicted octanol–water partition coefficient (Wildman–Crippen LogP) is 31.2. The Balaban J connectivity index is 0.000000124. The van der Waals surface area contributed by atoms with Crippen LogP contribution in [0.4, 0.5) is 51.2 Å². The van der Waals surface area contributed by atoms with Gasteiger partial charge >= 0.3 is 0 Å². The molecule has 0 spiro atoms. The monoisotopic (exact) mass is 1580 g/mol. The molecule has 0 atom stereocenters. The fourth-order valence-electron chi connectivity index (χ4n) is 14.2. The molecule has 516 valence electrons. The highest BCUT2D eigenvalue weighted by Crippen LogP contribution is 2.45. The van der Waals surface area contributed by atoms with Crippen LogP contribution in [0, 0.1) is 0 Å². The molecule has 6 heteroatoms. The van der Waals surface area contributed by atoms with Crippen molar-refractivity contribution in [2.75, 3.05) is 14.7 Å². The zero-order chi connectivity index (χ0) is 73.0. The molecule has 0 saturated heterocycles. The van der Waals surface area contributed by atoms with Crippen molar-refractivity contribution >= 4 is 131 Å². The Hall–Kier alpha value is -12.4. The van der Waals surface area contributed by atoms with E-state index in [4.69, 9.17) is 0 Å². The highest BCUT2D eigenvalue weighted by Gasteiger charge is 2.20. The van der Waals surface area contributed by atoms with Crippen LogP contribution in [-0.4, -0.2) is 0 Å². The van der Waals surface area contributed by atoms with Gasteiger partial charge in [0.2, 0.25) is 0 Å². The third kappa shape index (κ3) is 15.9. The van der Waals surface area contributed by atoms with E-state index in [0.717, 1.165) is 64.6 Å². The van der Waals surface area contributed by atoms with Crippen LogP contribution in [0.25, 0.3) is 99.1 Å². The second-order valence-electron chi connectivity index (χ2n) is 26.4. The Labute approximate surface area is 657 Å². The van der Waals surface area contributed by atoms with Gasteiger partial charge in [-0.25, -0.2) is 0 Å². The quantitative estimate of drug-likeness (QED) is 0.0947. The first-order valence-corrected chi connectivity index (χ1v) is 38.5. The fourth-order valence-corrected chi connectivity index (χ4v) is 15.0. The zero-order valence-corrected chi connectivity index (χ0v) is 63.8. The van der Waals surface area contributed by atoms with Crippen LogP contribution in [-0.2, 0) is 0 Å². The lowest BCUT2D eigenvalue weighted by Gasteiger charge is -2.27. The van der Waals surface area contributed by atoms with Crippen LogP contribution >= 0.6 is 47.8 Å². The van der Waals surface area contributed by atoms with Crippen molar-refractivity contribution < 1.29 is 0 Å². The van der Waals surface area contributed by atoms with E-state index in [9.17, 15) is 0 Å². The van der Waals surface area contributed by atoms with Gasteiger partial charge in [-0.15, -0.1) is 0 Å². The molecule has 18 aromatic rings. The molecule has 18 aromatic carbocycles. The van der Waals surface area contributed by atoms with E-state index >= 15 is 0 Å². The third-order valence-corrected chi connectivity index (χ3v) is 21.2. The van der Waals surface area contributed by atoms with Crippen molar-refractivity contribution in [3.05, 3.63) is 450 Å². The van der Waals surface area contributed by atoms with Crippen LogP contribution < -0.4 is 14.7 Å². The Kier molecular flexibility index (Phi) is 21.3. The maximum absolute atomic E-state index is 3.53. The van der Waals surface area contributed by atoms with Crippen molar-refractivity contribution in [1.29, 1.82) is 0 Å². The number of rotatable bonds is 15. The number of halogens is 3. The maximum atomic E-state index is 3.53. The lowest BCUT2D eigenvalue weighted by Crippen LogP contribution is -2.10. The summed E-state index contributed by atoms with van der Waals surface area (Å²) in [6, 6.07) is 155. The summed E-state index contributed by atoms with van der Waals surface area (Å²) in [5, 5.41) is 7.54. The summed E-state index contributed by atoms with van der Waals surface area (Å²) < 4.78 is 3.26. The van der Waals surface area contributed by atoms with Gasteiger partial charge in [-0.1, -0.05) is 345 Å². The molecule has 18 rings (SSSR count). The Morgan fingerprint density at radius 3 is 0.806 bits per heavy atom. The topological polar surface area (TPSA) is 9.72 Å². The van der Waals surface area contributed by atoms with Crippen molar-refractivity contribution in [3.8, 4) is 66.8 Å². The lowest BCUT2D eigenvalue weighted by atomic mass is 9.96. The SMILES string of the molecule is Brc1ccc(-c2ccc(N(c3ccc(-c4ccccc4)cc3)c3ccc(-c4ccccc4)cc3)cc2)cc1.Brc1ccc(-c2ccc(N(c3ccccc3)c3ccc(-c4ccccc4)c4ccccc34)cc2)cc1.Brc1ccc(-c2ccc(N(c3ccccc3)c3ccc4c(ccc5ccccc54)c3)cc2)cc1. The molecule has 0 fully saturated rings. The lowest BCUT2D eigenvalue weighted by molar-refractivity contribution is 1.28. The van der Waals surface area contributed by atoms with Crippen LogP contribution in [0.3, 0.4) is 0 Å². The number of nitrogens with zero attached hydrogens (tertiary/aromatic N) is 3. The molecular weight excluding hydrogens is 1510 g/mol. The molecule has 0 heterocycles. The molecule has 0 radical (unpaired) electrons. The number of hydrogen-bond donors (Lipinski definition) is 0. The first kappa shape index (κ1) is 69.9. The van der Waals surface area contributed by atoms with Crippen molar-refractivity contribution in [2.24, 2.45) is 0 Å². The second-order valence-corrected chi connectivity index (χ2v) is 29.1. The van der Waals surface area contributed by atoms with E-state index in [0.29, 0.717) is 0 Å². The summed E-state index contributed by atoms with van der Waals surface area (Å²) in [6.07, 6.45) is 0. The van der Waals surface area contributed by atoms with Gasteiger partial charge in [0.1, 0.15) is 0 Å². The van der Waals surface area contributed by atoms with Gasteiger partial charge in [0.05, 0.1) is 5.69 Å². The van der Waals surface area contributed by atoms with E-state index in [1.807, 2.05) is 0 Å². The smallest absolute Gasteiger partial charge is 0.0540 e. The molecule has 0 unspecified atom stereocenters. The first-order valence-electron chi connectivity index (χ1n) is 36.2. The van der Waals surface area contributed by atoms with Gasteiger partial charge in [0, 0.05) is 64.3 Å². The zero-order valence-electron chi connectivity index (χ0n) is 59.0. The maximum Gasteiger partial charge on any atom is 0.0540 e.